The molecule has 1 aliphatic rings. The first-order valence-corrected chi connectivity index (χ1v) is 8.82. The average Bonchev–Trinajstić information content (AvgIpc) is 2.54. The van der Waals surface area contributed by atoms with Gasteiger partial charge in [-0.15, -0.1) is 0 Å². The molecule has 0 saturated carbocycles. The summed E-state index contributed by atoms with van der Waals surface area (Å²) in [6.45, 7) is 2.35. The van der Waals surface area contributed by atoms with Crippen LogP contribution in [0.3, 0.4) is 0 Å². The van der Waals surface area contributed by atoms with Crippen molar-refractivity contribution in [1.82, 2.24) is 9.62 Å². The second kappa shape index (κ2) is 6.67. The summed E-state index contributed by atoms with van der Waals surface area (Å²) in [5, 5.41) is 9.32. The molecule has 1 aromatic carbocycles. The third-order valence-electron chi connectivity index (χ3n) is 4.09. The van der Waals surface area contributed by atoms with E-state index in [1.54, 1.807) is 0 Å². The number of hydrogen-bond acceptors (Lipinski definition) is 4. The first-order valence-electron chi connectivity index (χ1n) is 7.33. The van der Waals surface area contributed by atoms with Crippen LogP contribution in [0.15, 0.2) is 29.2 Å². The van der Waals surface area contributed by atoms with Crippen LogP contribution in [0.4, 0.5) is 0 Å². The molecule has 1 saturated heterocycles. The fraction of sp³-hybridized carbons (Fsp3) is 0.467. The molecule has 0 bridgehead atoms. The monoisotopic (exact) mass is 340 g/mol. The quantitative estimate of drug-likeness (QED) is 0.848. The van der Waals surface area contributed by atoms with E-state index in [-0.39, 0.29) is 16.4 Å². The lowest BCUT2D eigenvalue weighted by Gasteiger charge is -2.36. The predicted molar refractivity (Wildman–Crippen MR) is 83.5 cm³/mol. The molecular formula is C15H20N2O5S. The summed E-state index contributed by atoms with van der Waals surface area (Å²) in [5.41, 5.74) is 0.279. The van der Waals surface area contributed by atoms with Crippen molar-refractivity contribution in [3.05, 3.63) is 29.8 Å². The molecule has 0 aromatic heterocycles. The molecular weight excluding hydrogens is 320 g/mol. The standard InChI is InChI=1S/C15H20N2O5S/c1-10-7-8-17(13(9-10)15(19)20)14(18)11-3-5-12(6-4-11)23(21,22)16-2/h3-6,10,13,16H,7-9H2,1-2H3,(H,19,20). The van der Waals surface area contributed by atoms with Gasteiger partial charge in [-0.3, -0.25) is 4.79 Å². The summed E-state index contributed by atoms with van der Waals surface area (Å²) >= 11 is 0. The van der Waals surface area contributed by atoms with Gasteiger partial charge in [0, 0.05) is 12.1 Å². The lowest BCUT2D eigenvalue weighted by Crippen LogP contribution is -2.49. The Morgan fingerprint density at radius 3 is 2.39 bits per heavy atom. The van der Waals surface area contributed by atoms with Gasteiger partial charge >= 0.3 is 5.97 Å². The highest BCUT2D eigenvalue weighted by atomic mass is 32.2. The van der Waals surface area contributed by atoms with Crippen molar-refractivity contribution in [2.75, 3.05) is 13.6 Å². The van der Waals surface area contributed by atoms with Gasteiger partial charge in [-0.25, -0.2) is 17.9 Å². The fourth-order valence-electron chi connectivity index (χ4n) is 2.68. The zero-order valence-corrected chi connectivity index (χ0v) is 13.8. The highest BCUT2D eigenvalue weighted by Crippen LogP contribution is 2.24. The van der Waals surface area contributed by atoms with Gasteiger partial charge in [0.25, 0.3) is 5.91 Å². The molecule has 7 nitrogen and oxygen atoms in total. The first kappa shape index (κ1) is 17.4. The molecule has 1 aromatic rings. The summed E-state index contributed by atoms with van der Waals surface area (Å²) in [6, 6.07) is 4.64. The summed E-state index contributed by atoms with van der Waals surface area (Å²) in [7, 11) is -2.26. The van der Waals surface area contributed by atoms with Crippen molar-refractivity contribution in [3.63, 3.8) is 0 Å². The highest BCUT2D eigenvalue weighted by molar-refractivity contribution is 7.89. The Labute approximate surface area is 135 Å². The minimum atomic E-state index is -3.57. The van der Waals surface area contributed by atoms with E-state index in [0.717, 1.165) is 6.42 Å². The van der Waals surface area contributed by atoms with Crippen LogP contribution in [0.5, 0.6) is 0 Å². The second-order valence-corrected chi connectivity index (χ2v) is 7.60. The van der Waals surface area contributed by atoms with E-state index in [9.17, 15) is 23.1 Å². The number of nitrogens with one attached hydrogen (secondary N) is 1. The van der Waals surface area contributed by atoms with Crippen molar-refractivity contribution in [1.29, 1.82) is 0 Å². The van der Waals surface area contributed by atoms with Crippen molar-refractivity contribution in [2.24, 2.45) is 5.92 Å². The Hall–Kier alpha value is -1.93. The normalized spacial score (nSPS) is 21.9. The second-order valence-electron chi connectivity index (χ2n) is 5.71. The van der Waals surface area contributed by atoms with Gasteiger partial charge in [0.15, 0.2) is 0 Å². The molecule has 1 aliphatic heterocycles. The number of piperidine rings is 1. The fourth-order valence-corrected chi connectivity index (χ4v) is 3.41. The zero-order chi connectivity index (χ0) is 17.2. The van der Waals surface area contributed by atoms with E-state index in [2.05, 4.69) is 4.72 Å². The Morgan fingerprint density at radius 1 is 1.26 bits per heavy atom. The molecule has 0 aliphatic carbocycles. The zero-order valence-electron chi connectivity index (χ0n) is 13.0. The van der Waals surface area contributed by atoms with Gasteiger partial charge in [0.05, 0.1) is 4.90 Å². The van der Waals surface area contributed by atoms with E-state index < -0.39 is 27.9 Å². The minimum absolute atomic E-state index is 0.0543. The van der Waals surface area contributed by atoms with Crippen LogP contribution in [0, 0.1) is 5.92 Å². The molecule has 2 rings (SSSR count). The van der Waals surface area contributed by atoms with Crippen LogP contribution in [-0.2, 0) is 14.8 Å². The predicted octanol–water partition coefficient (Wildman–Crippen LogP) is 0.920. The number of rotatable bonds is 4. The number of nitrogens with zero attached hydrogens (tertiary/aromatic N) is 1. The first-order chi connectivity index (χ1) is 10.8. The summed E-state index contributed by atoms with van der Waals surface area (Å²) < 4.78 is 25.5. The number of aliphatic carboxylic acids is 1. The van der Waals surface area contributed by atoms with Crippen LogP contribution in [0.25, 0.3) is 0 Å². The largest absolute Gasteiger partial charge is 0.480 e. The Bertz CT molecular complexity index is 699. The molecule has 0 spiro atoms. The molecule has 2 unspecified atom stereocenters. The molecule has 126 valence electrons. The molecule has 2 N–H and O–H groups in total. The number of carbonyl (C=O) groups is 2. The highest BCUT2D eigenvalue weighted by Gasteiger charge is 2.35. The number of amides is 1. The lowest BCUT2D eigenvalue weighted by atomic mass is 9.92. The Kier molecular flexibility index (Phi) is 5.06. The number of carboxylic acids is 1. The van der Waals surface area contributed by atoms with Crippen molar-refractivity contribution in [3.8, 4) is 0 Å². The average molecular weight is 340 g/mol. The number of carbonyl (C=O) groups excluding carboxylic acids is 1. The number of carboxylic acid groups (broad SMARTS) is 1. The lowest BCUT2D eigenvalue weighted by molar-refractivity contribution is -0.144. The maximum Gasteiger partial charge on any atom is 0.326 e. The minimum Gasteiger partial charge on any atom is -0.480 e. The molecule has 0 radical (unpaired) electrons. The maximum atomic E-state index is 12.5. The van der Waals surface area contributed by atoms with Gasteiger partial charge in [0.1, 0.15) is 6.04 Å². The Morgan fingerprint density at radius 2 is 1.87 bits per heavy atom. The van der Waals surface area contributed by atoms with E-state index in [1.165, 1.54) is 36.2 Å². The molecule has 1 amide bonds. The van der Waals surface area contributed by atoms with E-state index in [0.29, 0.717) is 13.0 Å². The van der Waals surface area contributed by atoms with Crippen LogP contribution in [0.1, 0.15) is 30.1 Å². The van der Waals surface area contributed by atoms with Gasteiger partial charge in [-0.05, 0) is 50.1 Å². The van der Waals surface area contributed by atoms with Gasteiger partial charge in [0.2, 0.25) is 10.0 Å². The van der Waals surface area contributed by atoms with Crippen LogP contribution >= 0.6 is 0 Å². The molecule has 23 heavy (non-hydrogen) atoms. The van der Waals surface area contributed by atoms with Crippen molar-refractivity contribution < 1.29 is 23.1 Å². The Balaban J connectivity index is 2.24. The van der Waals surface area contributed by atoms with Crippen LogP contribution < -0.4 is 4.72 Å². The molecule has 8 heteroatoms. The van der Waals surface area contributed by atoms with E-state index >= 15 is 0 Å². The third-order valence-corrected chi connectivity index (χ3v) is 5.52. The number of likely N-dealkylation sites (tertiary alicyclic amines) is 1. The van der Waals surface area contributed by atoms with Gasteiger partial charge in [-0.2, -0.15) is 0 Å². The topological polar surface area (TPSA) is 104 Å². The van der Waals surface area contributed by atoms with Crippen molar-refractivity contribution in [2.45, 2.75) is 30.7 Å². The molecule has 2 atom stereocenters. The van der Waals surface area contributed by atoms with Crippen molar-refractivity contribution >= 4 is 21.9 Å². The summed E-state index contributed by atoms with van der Waals surface area (Å²) in [4.78, 5) is 25.3. The molecule has 1 fully saturated rings. The number of hydrogen-bond donors (Lipinski definition) is 2. The number of sulfonamides is 1. The summed E-state index contributed by atoms with van der Waals surface area (Å²) in [5.74, 6) is -1.15. The van der Waals surface area contributed by atoms with E-state index in [4.69, 9.17) is 0 Å². The summed E-state index contributed by atoms with van der Waals surface area (Å²) in [6.07, 6.45) is 1.18. The number of benzene rings is 1. The van der Waals surface area contributed by atoms with Gasteiger partial charge < -0.3 is 10.0 Å². The smallest absolute Gasteiger partial charge is 0.326 e. The van der Waals surface area contributed by atoms with Crippen LogP contribution in [0.2, 0.25) is 0 Å². The van der Waals surface area contributed by atoms with E-state index in [1.807, 2.05) is 6.92 Å². The van der Waals surface area contributed by atoms with Crippen LogP contribution in [-0.4, -0.2) is 49.9 Å². The van der Waals surface area contributed by atoms with Gasteiger partial charge in [-0.1, -0.05) is 6.92 Å². The molecule has 1 heterocycles. The SMILES string of the molecule is CNS(=O)(=O)c1ccc(C(=O)N2CCC(C)CC2C(=O)O)cc1. The third kappa shape index (κ3) is 3.70. The maximum absolute atomic E-state index is 12.5.